The summed E-state index contributed by atoms with van der Waals surface area (Å²) in [6.07, 6.45) is 3.09. The molecule has 0 spiro atoms. The van der Waals surface area contributed by atoms with Gasteiger partial charge in [0.2, 0.25) is 5.91 Å². The van der Waals surface area contributed by atoms with Gasteiger partial charge in [-0.3, -0.25) is 4.79 Å². The molecule has 1 fully saturated rings. The van der Waals surface area contributed by atoms with Crippen LogP contribution in [0.5, 0.6) is 0 Å². The van der Waals surface area contributed by atoms with E-state index in [9.17, 15) is 4.79 Å². The minimum absolute atomic E-state index is 0.187. The van der Waals surface area contributed by atoms with E-state index in [0.29, 0.717) is 6.04 Å². The van der Waals surface area contributed by atoms with Crippen LogP contribution in [0.1, 0.15) is 26.2 Å². The zero-order valence-corrected chi connectivity index (χ0v) is 6.63. The number of hydrogen-bond donors (Lipinski definition) is 0. The lowest BCUT2D eigenvalue weighted by atomic mass is 10.1. The van der Waals surface area contributed by atoms with Crippen molar-refractivity contribution in [3.63, 3.8) is 0 Å². The molecule has 0 radical (unpaired) electrons. The highest BCUT2D eigenvalue weighted by Gasteiger charge is 2.35. The van der Waals surface area contributed by atoms with E-state index in [-0.39, 0.29) is 11.9 Å². The Bertz CT molecular complexity index is 248. The quantitative estimate of drug-likeness (QED) is 0.466. The van der Waals surface area contributed by atoms with Crippen molar-refractivity contribution in [1.29, 1.82) is 0 Å². The van der Waals surface area contributed by atoms with Crippen LogP contribution in [0.25, 0.3) is 0 Å². The molecule has 2 bridgehead atoms. The van der Waals surface area contributed by atoms with Crippen molar-refractivity contribution in [2.24, 2.45) is 0 Å². The molecule has 1 amide bonds. The van der Waals surface area contributed by atoms with Crippen LogP contribution in [0, 0.1) is 11.8 Å². The van der Waals surface area contributed by atoms with Crippen LogP contribution in [0.2, 0.25) is 0 Å². The first-order valence-electron chi connectivity index (χ1n) is 4.06. The zero-order valence-electron chi connectivity index (χ0n) is 6.63. The van der Waals surface area contributed by atoms with Gasteiger partial charge in [-0.1, -0.05) is 11.8 Å². The second kappa shape index (κ2) is 2.27. The third kappa shape index (κ3) is 0.920. The van der Waals surface area contributed by atoms with Crippen LogP contribution >= 0.6 is 0 Å². The van der Waals surface area contributed by atoms with Crippen LogP contribution in [0.15, 0.2) is 0 Å². The first kappa shape index (κ1) is 6.72. The van der Waals surface area contributed by atoms with Gasteiger partial charge < -0.3 is 4.90 Å². The predicted octanol–water partition coefficient (Wildman–Crippen LogP) is 0.773. The average Bonchev–Trinajstić information content (AvgIpc) is 2.23. The maximum Gasteiger partial charge on any atom is 0.220 e. The van der Waals surface area contributed by atoms with Crippen molar-refractivity contribution in [1.82, 2.24) is 4.90 Å². The Balaban J connectivity index is 2.26. The van der Waals surface area contributed by atoms with Crippen LogP contribution in [0.4, 0.5) is 0 Å². The fraction of sp³-hybridized carbons (Fsp3) is 0.667. The largest absolute Gasteiger partial charge is 0.325 e. The van der Waals surface area contributed by atoms with Crippen molar-refractivity contribution in [3.8, 4) is 11.8 Å². The van der Waals surface area contributed by atoms with Crippen molar-refractivity contribution in [2.45, 2.75) is 38.3 Å². The second-order valence-electron chi connectivity index (χ2n) is 3.20. The van der Waals surface area contributed by atoms with Gasteiger partial charge in [-0.05, 0) is 12.8 Å². The molecule has 2 heteroatoms. The van der Waals surface area contributed by atoms with E-state index in [2.05, 4.69) is 11.8 Å². The molecule has 0 aromatic rings. The van der Waals surface area contributed by atoms with Gasteiger partial charge in [0, 0.05) is 19.4 Å². The summed E-state index contributed by atoms with van der Waals surface area (Å²) in [6.45, 7) is 1.64. The first-order chi connectivity index (χ1) is 5.29. The van der Waals surface area contributed by atoms with Gasteiger partial charge in [0.05, 0.1) is 6.04 Å². The van der Waals surface area contributed by atoms with Crippen molar-refractivity contribution in [3.05, 3.63) is 0 Å². The molecule has 2 aliphatic heterocycles. The average molecular weight is 149 g/mol. The molecule has 58 valence electrons. The monoisotopic (exact) mass is 149 g/mol. The number of amides is 1. The molecule has 2 rings (SSSR count). The van der Waals surface area contributed by atoms with Gasteiger partial charge in [-0.15, -0.1) is 0 Å². The van der Waals surface area contributed by atoms with Crippen LogP contribution in [-0.4, -0.2) is 22.9 Å². The first-order valence-corrected chi connectivity index (χ1v) is 4.06. The predicted molar refractivity (Wildman–Crippen MR) is 41.7 cm³/mol. The Morgan fingerprint density at radius 1 is 1.55 bits per heavy atom. The summed E-state index contributed by atoms with van der Waals surface area (Å²) >= 11 is 0. The Hall–Kier alpha value is -0.970. The molecule has 2 heterocycles. The smallest absolute Gasteiger partial charge is 0.220 e. The second-order valence-corrected chi connectivity index (χ2v) is 3.20. The highest BCUT2D eigenvalue weighted by Crippen LogP contribution is 2.28. The molecule has 0 saturated carbocycles. The van der Waals surface area contributed by atoms with Crippen molar-refractivity contribution >= 4 is 5.91 Å². The van der Waals surface area contributed by atoms with E-state index in [1.54, 1.807) is 6.92 Å². The molecule has 0 aliphatic carbocycles. The number of nitrogens with zero attached hydrogens (tertiary/aromatic N) is 1. The Morgan fingerprint density at radius 3 is 2.91 bits per heavy atom. The third-order valence-electron chi connectivity index (χ3n) is 2.47. The zero-order chi connectivity index (χ0) is 7.84. The lowest BCUT2D eigenvalue weighted by Crippen LogP contribution is -2.40. The summed E-state index contributed by atoms with van der Waals surface area (Å²) in [4.78, 5) is 13.1. The summed E-state index contributed by atoms with van der Waals surface area (Å²) in [7, 11) is 0. The highest BCUT2D eigenvalue weighted by atomic mass is 16.2. The number of carbonyl (C=O) groups excluding carboxylic acids is 1. The third-order valence-corrected chi connectivity index (χ3v) is 2.47. The molecular weight excluding hydrogens is 138 g/mol. The molecular formula is C9H11NO. The Labute approximate surface area is 66.6 Å². The van der Waals surface area contributed by atoms with Gasteiger partial charge in [-0.25, -0.2) is 0 Å². The molecule has 0 aromatic heterocycles. The van der Waals surface area contributed by atoms with Crippen LogP contribution in [0.3, 0.4) is 0 Å². The summed E-state index contributed by atoms with van der Waals surface area (Å²) in [5, 5.41) is 0. The van der Waals surface area contributed by atoms with Crippen molar-refractivity contribution in [2.75, 3.05) is 0 Å². The van der Waals surface area contributed by atoms with E-state index >= 15 is 0 Å². The van der Waals surface area contributed by atoms with Gasteiger partial charge in [0.15, 0.2) is 0 Å². The van der Waals surface area contributed by atoms with Gasteiger partial charge in [0.1, 0.15) is 0 Å². The molecule has 2 aliphatic rings. The molecule has 1 saturated heterocycles. The van der Waals surface area contributed by atoms with Gasteiger partial charge in [-0.2, -0.15) is 0 Å². The lowest BCUT2D eigenvalue weighted by molar-refractivity contribution is -0.130. The number of hydrogen-bond acceptors (Lipinski definition) is 1. The standard InChI is InChI=1S/C9H11NO/c1-7(11)10-8-3-2-4-9(10)6-5-8/h8-9H,3,5-6H2,1H3. The normalized spacial score (nSPS) is 33.0. The van der Waals surface area contributed by atoms with Gasteiger partial charge in [0.25, 0.3) is 0 Å². The minimum Gasteiger partial charge on any atom is -0.325 e. The van der Waals surface area contributed by atoms with E-state index in [1.165, 1.54) is 0 Å². The fourth-order valence-corrected chi connectivity index (χ4v) is 2.00. The summed E-state index contributed by atoms with van der Waals surface area (Å²) in [5.41, 5.74) is 0. The van der Waals surface area contributed by atoms with Crippen LogP contribution < -0.4 is 0 Å². The lowest BCUT2D eigenvalue weighted by Gasteiger charge is -2.27. The minimum atomic E-state index is 0.187. The highest BCUT2D eigenvalue weighted by molar-refractivity contribution is 5.75. The number of fused-ring (bicyclic) bond motifs is 2. The maximum absolute atomic E-state index is 11.1. The molecule has 2 nitrogen and oxygen atoms in total. The van der Waals surface area contributed by atoms with Crippen molar-refractivity contribution < 1.29 is 4.79 Å². The summed E-state index contributed by atoms with van der Waals surface area (Å²) < 4.78 is 0. The molecule has 11 heavy (non-hydrogen) atoms. The number of carbonyl (C=O) groups is 1. The Kier molecular flexibility index (Phi) is 1.38. The molecule has 2 atom stereocenters. The van der Waals surface area contributed by atoms with Gasteiger partial charge >= 0.3 is 0 Å². The maximum atomic E-state index is 11.1. The van der Waals surface area contributed by atoms with E-state index in [1.807, 2.05) is 4.90 Å². The summed E-state index contributed by atoms with van der Waals surface area (Å²) in [6, 6.07) is 0.671. The fourth-order valence-electron chi connectivity index (χ4n) is 2.00. The number of rotatable bonds is 0. The van der Waals surface area contributed by atoms with E-state index < -0.39 is 0 Å². The summed E-state index contributed by atoms with van der Waals surface area (Å²) in [5.74, 6) is 6.37. The topological polar surface area (TPSA) is 20.3 Å². The molecule has 0 N–H and O–H groups in total. The SMILES string of the molecule is CC(=O)N1C2C#CCC1CC2. The van der Waals surface area contributed by atoms with E-state index in [4.69, 9.17) is 0 Å². The molecule has 2 unspecified atom stereocenters. The molecule has 0 aromatic carbocycles. The Morgan fingerprint density at radius 2 is 2.36 bits per heavy atom. The van der Waals surface area contributed by atoms with E-state index in [0.717, 1.165) is 19.3 Å². The van der Waals surface area contributed by atoms with Crippen LogP contribution in [-0.2, 0) is 4.79 Å².